The largest absolute Gasteiger partial charge is 0.494 e. The fourth-order valence-electron chi connectivity index (χ4n) is 6.83. The minimum atomic E-state index is -1.69. The lowest BCUT2D eigenvalue weighted by Crippen LogP contribution is -2.67. The summed E-state index contributed by atoms with van der Waals surface area (Å²) in [5, 5.41) is 0.314. The van der Waals surface area contributed by atoms with Crippen LogP contribution in [-0.2, 0) is 60.5 Å². The lowest BCUT2D eigenvalue weighted by Gasteiger charge is -2.49. The molecule has 52 heavy (non-hydrogen) atoms. The van der Waals surface area contributed by atoms with Gasteiger partial charge in [0.15, 0.2) is 23.5 Å². The molecule has 7 rings (SSSR count). The monoisotopic (exact) mass is 726 g/mol. The van der Waals surface area contributed by atoms with Gasteiger partial charge in [-0.1, -0.05) is 115 Å². The highest BCUT2D eigenvalue weighted by Gasteiger charge is 2.69. The van der Waals surface area contributed by atoms with Gasteiger partial charge in [0, 0.05) is 17.0 Å². The topological polar surface area (TPSA) is 72.5 Å². The van der Waals surface area contributed by atoms with Crippen LogP contribution in [0.3, 0.4) is 0 Å². The van der Waals surface area contributed by atoms with Gasteiger partial charge in [-0.2, -0.15) is 4.39 Å². The van der Waals surface area contributed by atoms with E-state index in [1.165, 1.54) is 19.2 Å². The van der Waals surface area contributed by atoms with Gasteiger partial charge >= 0.3 is 0 Å². The predicted molar refractivity (Wildman–Crippen MR) is 190 cm³/mol. The van der Waals surface area contributed by atoms with Gasteiger partial charge in [-0.25, -0.2) is 4.39 Å². The standard InChI is InChI=1S/C42H37ClF2O7/c1-47-35-20-17-31(36(44)37(35)45)21-32-22-33(18-19-34(32)43)42-40(50-25-30-15-9-4-10-16-30)38(48-23-28-11-5-2-6-12-28)39(41(26-46,52-42)27-51-42)49-24-29-13-7-3-8-14-29/h2-20,22,26,38-40H,21,23-25,27H2,1H3/t38-,39-,40+,41-,42-/m0/s1. The number of aldehydes is 1. The third-order valence-electron chi connectivity index (χ3n) is 9.51. The summed E-state index contributed by atoms with van der Waals surface area (Å²) in [7, 11) is 1.27. The second kappa shape index (κ2) is 15.6. The molecule has 2 fully saturated rings. The number of rotatable bonds is 14. The van der Waals surface area contributed by atoms with Gasteiger partial charge in [0.1, 0.15) is 18.3 Å². The fourth-order valence-corrected chi connectivity index (χ4v) is 7.01. The second-order valence-corrected chi connectivity index (χ2v) is 13.3. The number of hydrogen-bond acceptors (Lipinski definition) is 7. The summed E-state index contributed by atoms with van der Waals surface area (Å²) < 4.78 is 68.3. The number of carbonyl (C=O) groups excluding carboxylic acids is 1. The number of ether oxygens (including phenoxy) is 6. The highest BCUT2D eigenvalue weighted by molar-refractivity contribution is 6.31. The van der Waals surface area contributed by atoms with Crippen molar-refractivity contribution >= 4 is 17.9 Å². The zero-order valence-electron chi connectivity index (χ0n) is 28.4. The van der Waals surface area contributed by atoms with Crippen molar-refractivity contribution in [3.8, 4) is 5.75 Å². The molecule has 5 atom stereocenters. The van der Waals surface area contributed by atoms with Gasteiger partial charge in [0.05, 0.1) is 33.5 Å². The molecule has 0 amide bonds. The van der Waals surface area contributed by atoms with Gasteiger partial charge < -0.3 is 28.4 Å². The molecular formula is C42H37ClF2O7. The Morgan fingerprint density at radius 1 is 0.731 bits per heavy atom. The Kier molecular flexibility index (Phi) is 10.8. The summed E-state index contributed by atoms with van der Waals surface area (Å²) in [5.41, 5.74) is 2.10. The molecule has 268 valence electrons. The lowest BCUT2D eigenvalue weighted by molar-refractivity contribution is -0.341. The quantitative estimate of drug-likeness (QED) is 0.107. The van der Waals surface area contributed by atoms with Gasteiger partial charge in [-0.3, -0.25) is 4.79 Å². The molecule has 5 aromatic rings. The van der Waals surface area contributed by atoms with E-state index < -0.39 is 41.3 Å². The Morgan fingerprint density at radius 2 is 1.31 bits per heavy atom. The zero-order chi connectivity index (χ0) is 36.1. The van der Waals surface area contributed by atoms with Gasteiger partial charge in [-0.15, -0.1) is 0 Å². The van der Waals surface area contributed by atoms with Crippen molar-refractivity contribution < 1.29 is 42.0 Å². The summed E-state index contributed by atoms with van der Waals surface area (Å²) >= 11 is 6.68. The van der Waals surface area contributed by atoms with Crippen LogP contribution in [0.1, 0.15) is 33.4 Å². The van der Waals surface area contributed by atoms with Gasteiger partial charge in [0.25, 0.3) is 0 Å². The molecule has 10 heteroatoms. The summed E-state index contributed by atoms with van der Waals surface area (Å²) in [6.45, 7) is 0.342. The first kappa shape index (κ1) is 35.9. The van der Waals surface area contributed by atoms with Crippen LogP contribution in [0.4, 0.5) is 8.78 Å². The minimum absolute atomic E-state index is 0.0549. The summed E-state index contributed by atoms with van der Waals surface area (Å²) in [5.74, 6) is -4.02. The molecule has 2 bridgehead atoms. The molecule has 0 saturated carbocycles. The predicted octanol–water partition coefficient (Wildman–Crippen LogP) is 8.12. The van der Waals surface area contributed by atoms with E-state index >= 15 is 4.39 Å². The molecule has 0 spiro atoms. The van der Waals surface area contributed by atoms with E-state index in [1.807, 2.05) is 91.0 Å². The molecule has 0 N–H and O–H groups in total. The highest BCUT2D eigenvalue weighted by atomic mass is 35.5. The Hall–Kier alpha value is -4.48. The smallest absolute Gasteiger partial charge is 0.226 e. The number of methoxy groups -OCH3 is 1. The molecular weight excluding hydrogens is 690 g/mol. The fraction of sp³-hybridized carbons (Fsp3) is 0.262. The number of carbonyl (C=O) groups is 1. The van der Waals surface area contributed by atoms with Crippen molar-refractivity contribution in [1.82, 2.24) is 0 Å². The van der Waals surface area contributed by atoms with Crippen LogP contribution in [0.5, 0.6) is 5.75 Å². The first-order valence-corrected chi connectivity index (χ1v) is 17.3. The highest BCUT2D eigenvalue weighted by Crippen LogP contribution is 2.52. The molecule has 5 aromatic carbocycles. The molecule has 0 radical (unpaired) electrons. The Balaban J connectivity index is 1.31. The maximum absolute atomic E-state index is 15.2. The number of fused-ring (bicyclic) bond motifs is 2. The van der Waals surface area contributed by atoms with Crippen molar-refractivity contribution in [2.45, 2.75) is 55.9 Å². The van der Waals surface area contributed by atoms with Crippen molar-refractivity contribution in [1.29, 1.82) is 0 Å². The average molecular weight is 727 g/mol. The summed E-state index contributed by atoms with van der Waals surface area (Å²) in [4.78, 5) is 13.2. The third-order valence-corrected chi connectivity index (χ3v) is 9.88. The Labute approximate surface area is 306 Å². The molecule has 0 unspecified atom stereocenters. The zero-order valence-corrected chi connectivity index (χ0v) is 29.1. The maximum atomic E-state index is 15.2. The van der Waals surface area contributed by atoms with Gasteiger partial charge in [-0.05, 0) is 46.0 Å². The molecule has 2 aliphatic rings. The molecule has 2 saturated heterocycles. The number of benzene rings is 5. The van der Waals surface area contributed by atoms with Crippen LogP contribution >= 0.6 is 11.6 Å². The Morgan fingerprint density at radius 3 is 1.88 bits per heavy atom. The van der Waals surface area contributed by atoms with E-state index in [2.05, 4.69) is 0 Å². The normalized spacial score (nSPS) is 23.7. The van der Waals surface area contributed by atoms with Crippen LogP contribution in [0.25, 0.3) is 0 Å². The van der Waals surface area contributed by atoms with Crippen molar-refractivity contribution in [2.24, 2.45) is 0 Å². The minimum Gasteiger partial charge on any atom is -0.494 e. The van der Waals surface area contributed by atoms with Crippen molar-refractivity contribution in [3.05, 3.63) is 171 Å². The number of halogens is 3. The van der Waals surface area contributed by atoms with E-state index in [0.717, 1.165) is 16.7 Å². The van der Waals surface area contributed by atoms with Crippen LogP contribution in [-0.4, -0.2) is 43.9 Å². The summed E-state index contributed by atoms with van der Waals surface area (Å²) in [6, 6.07) is 36.8. The van der Waals surface area contributed by atoms with E-state index in [0.29, 0.717) is 22.4 Å². The first-order valence-electron chi connectivity index (χ1n) is 16.9. The van der Waals surface area contributed by atoms with Crippen LogP contribution in [0.15, 0.2) is 121 Å². The van der Waals surface area contributed by atoms with Crippen LogP contribution in [0.2, 0.25) is 5.02 Å². The molecule has 0 aromatic heterocycles. The van der Waals surface area contributed by atoms with Gasteiger partial charge in [0.2, 0.25) is 11.6 Å². The first-order chi connectivity index (χ1) is 25.4. The van der Waals surface area contributed by atoms with Crippen molar-refractivity contribution in [2.75, 3.05) is 13.7 Å². The SMILES string of the molecule is COc1ccc(Cc2cc([C@]34OC[C@](C=O)(O3)[C@@H](OCc3ccccc3)[C@H](OCc3ccccc3)[C@H]4OCc3ccccc3)ccc2Cl)c(F)c1F. The van der Waals surface area contributed by atoms with E-state index in [-0.39, 0.29) is 44.2 Å². The molecule has 0 aliphatic carbocycles. The van der Waals surface area contributed by atoms with Crippen molar-refractivity contribution in [3.63, 3.8) is 0 Å². The average Bonchev–Trinajstić information content (AvgIpc) is 3.54. The third kappa shape index (κ3) is 7.13. The van der Waals surface area contributed by atoms with E-state index in [9.17, 15) is 9.18 Å². The second-order valence-electron chi connectivity index (χ2n) is 12.9. The Bertz CT molecular complexity index is 1980. The number of hydrogen-bond donors (Lipinski definition) is 0. The summed E-state index contributed by atoms with van der Waals surface area (Å²) in [6.07, 6.45) is -2.17. The van der Waals surface area contributed by atoms with E-state index in [4.69, 9.17) is 40.0 Å². The molecule has 7 nitrogen and oxygen atoms in total. The van der Waals surface area contributed by atoms with Crippen LogP contribution in [0, 0.1) is 11.6 Å². The maximum Gasteiger partial charge on any atom is 0.226 e. The molecule has 2 heterocycles. The molecule has 2 aliphatic heterocycles. The van der Waals surface area contributed by atoms with E-state index in [1.54, 1.807) is 18.2 Å². The lowest BCUT2D eigenvalue weighted by atomic mass is 9.83. The van der Waals surface area contributed by atoms with Crippen LogP contribution < -0.4 is 4.74 Å².